The van der Waals surface area contributed by atoms with Gasteiger partial charge in [-0.1, -0.05) is 96.5 Å². The molecule has 0 unspecified atom stereocenters. The van der Waals surface area contributed by atoms with Crippen molar-refractivity contribution < 1.29 is 82.4 Å². The normalized spacial score (nSPS) is 15.2. The van der Waals surface area contributed by atoms with E-state index in [1.54, 1.807) is 102 Å². The molecule has 0 bridgehead atoms. The molecular weight excluding hydrogens is 1280 g/mol. The third-order valence-electron chi connectivity index (χ3n) is 16.0. The first-order valence-corrected chi connectivity index (χ1v) is 32.4. The molecule has 34 nitrogen and oxygen atoms in total. The number of aromatic amines is 1. The van der Waals surface area contributed by atoms with Gasteiger partial charge in [-0.15, -0.1) is 0 Å². The van der Waals surface area contributed by atoms with Crippen molar-refractivity contribution in [3.05, 3.63) is 71.9 Å². The van der Waals surface area contributed by atoms with Gasteiger partial charge in [0, 0.05) is 36.4 Å². The van der Waals surface area contributed by atoms with Crippen LogP contribution in [0.3, 0.4) is 0 Å². The van der Waals surface area contributed by atoms with Crippen LogP contribution in [0.1, 0.15) is 105 Å². The number of carboxylic acids is 2. The number of fused-ring (bicyclic) bond motifs is 1. The van der Waals surface area contributed by atoms with Crippen LogP contribution in [0.4, 0.5) is 0 Å². The van der Waals surface area contributed by atoms with Crippen LogP contribution in [-0.4, -0.2) is 208 Å². The number of aromatic nitrogens is 1. The Labute approximate surface area is 567 Å². The number of rotatable bonds is 43. The van der Waals surface area contributed by atoms with Gasteiger partial charge in [0.2, 0.25) is 70.9 Å². The number of hydrogen-bond donors (Lipinski definition) is 20. The van der Waals surface area contributed by atoms with Crippen molar-refractivity contribution in [2.45, 2.75) is 179 Å². The fourth-order valence-electron chi connectivity index (χ4n) is 9.80. The molecule has 3 aromatic rings. The van der Waals surface area contributed by atoms with Crippen molar-refractivity contribution in [1.29, 1.82) is 0 Å². The first-order chi connectivity index (χ1) is 46.3. The van der Waals surface area contributed by atoms with Gasteiger partial charge in [0.15, 0.2) is 0 Å². The predicted octanol–water partition coefficient (Wildman–Crippen LogP) is -4.88. The van der Waals surface area contributed by atoms with Gasteiger partial charge in [-0.25, -0.2) is 0 Å². The van der Waals surface area contributed by atoms with Crippen molar-refractivity contribution in [2.24, 2.45) is 40.7 Å². The quantitative estimate of drug-likeness (QED) is 0.0253. The van der Waals surface area contributed by atoms with Crippen LogP contribution in [-0.2, 0) is 80.0 Å². The van der Waals surface area contributed by atoms with Gasteiger partial charge in [0.25, 0.3) is 0 Å². The summed E-state index contributed by atoms with van der Waals surface area (Å²) in [5.74, 6) is -15.1. The topological polar surface area (TPSA) is 564 Å². The zero-order chi connectivity index (χ0) is 73.5. The van der Waals surface area contributed by atoms with E-state index in [9.17, 15) is 82.4 Å². The smallest absolute Gasteiger partial charge is 0.325 e. The highest BCUT2D eigenvalue weighted by molar-refractivity contribution is 6.00. The Morgan fingerprint density at radius 2 is 0.908 bits per heavy atom. The molecule has 0 saturated heterocycles. The highest BCUT2D eigenvalue weighted by Gasteiger charge is 2.38. The molecular formula is C64H99N17O17. The van der Waals surface area contributed by atoms with Crippen LogP contribution < -0.4 is 86.7 Å². The number of carbonyl (C=O) groups excluding carboxylic acids is 12. The van der Waals surface area contributed by atoms with Gasteiger partial charge in [-0.2, -0.15) is 0 Å². The monoisotopic (exact) mass is 1380 g/mol. The number of hydrogen-bond acceptors (Lipinski definition) is 19. The number of H-pyrrole nitrogens is 1. The molecule has 0 aliphatic rings. The molecule has 2 aromatic carbocycles. The van der Waals surface area contributed by atoms with Gasteiger partial charge in [-0.05, 0) is 94.1 Å². The van der Waals surface area contributed by atoms with Crippen molar-refractivity contribution in [2.75, 3.05) is 32.8 Å². The Morgan fingerprint density at radius 1 is 0.459 bits per heavy atom. The number of amides is 12. The molecule has 0 fully saturated rings. The first-order valence-electron chi connectivity index (χ1n) is 32.4. The van der Waals surface area contributed by atoms with E-state index in [4.69, 9.17) is 22.9 Å². The second kappa shape index (κ2) is 41.5. The third-order valence-corrected chi connectivity index (χ3v) is 16.0. The van der Waals surface area contributed by atoms with Crippen LogP contribution in [0.15, 0.2) is 60.8 Å². The number of nitrogens with one attached hydrogen (secondary N) is 13. The zero-order valence-electron chi connectivity index (χ0n) is 56.5. The molecule has 0 aliphatic heterocycles. The number of carbonyl (C=O) groups is 14. The van der Waals surface area contributed by atoms with Crippen LogP contribution in [0.25, 0.3) is 10.9 Å². The Kier molecular flexibility index (Phi) is 34.9. The van der Waals surface area contributed by atoms with Crippen LogP contribution in [0.5, 0.6) is 0 Å². The molecule has 3 rings (SSSR count). The summed E-state index contributed by atoms with van der Waals surface area (Å²) in [5.41, 5.74) is 25.1. The minimum absolute atomic E-state index is 0.00274. The average Bonchev–Trinajstić information content (AvgIpc) is 1.56. The van der Waals surface area contributed by atoms with Gasteiger partial charge in [0.05, 0.1) is 19.2 Å². The Balaban J connectivity index is 1.86. The predicted molar refractivity (Wildman–Crippen MR) is 357 cm³/mol. The maximum Gasteiger partial charge on any atom is 0.325 e. The van der Waals surface area contributed by atoms with E-state index in [1.807, 2.05) is 0 Å². The second-order valence-electron chi connectivity index (χ2n) is 24.5. The molecule has 0 spiro atoms. The highest BCUT2D eigenvalue weighted by atomic mass is 16.4. The van der Waals surface area contributed by atoms with Crippen LogP contribution >= 0.6 is 0 Å². The van der Waals surface area contributed by atoms with E-state index in [-0.39, 0.29) is 57.7 Å². The molecule has 0 saturated carbocycles. The minimum Gasteiger partial charge on any atom is -0.481 e. The average molecular weight is 1380 g/mol. The van der Waals surface area contributed by atoms with Gasteiger partial charge >= 0.3 is 11.9 Å². The number of para-hydroxylation sites is 1. The van der Waals surface area contributed by atoms with E-state index in [0.29, 0.717) is 28.5 Å². The molecule has 542 valence electrons. The maximum absolute atomic E-state index is 14.5. The summed E-state index contributed by atoms with van der Waals surface area (Å²) in [6, 6.07) is -1.80. The van der Waals surface area contributed by atoms with Gasteiger partial charge in [-0.3, -0.25) is 67.1 Å². The van der Waals surface area contributed by atoms with Crippen molar-refractivity contribution in [1.82, 2.24) is 68.8 Å². The summed E-state index contributed by atoms with van der Waals surface area (Å²) in [7, 11) is 0. The van der Waals surface area contributed by atoms with Crippen molar-refractivity contribution in [3.8, 4) is 0 Å². The molecule has 12 amide bonds. The molecule has 1 aromatic heterocycles. The zero-order valence-corrected chi connectivity index (χ0v) is 56.5. The number of carboxylic acid groups (broad SMARTS) is 2. The van der Waals surface area contributed by atoms with E-state index >= 15 is 0 Å². The van der Waals surface area contributed by atoms with E-state index < -0.39 is 193 Å². The van der Waals surface area contributed by atoms with Crippen molar-refractivity contribution in [3.63, 3.8) is 0 Å². The third kappa shape index (κ3) is 26.8. The Bertz CT molecular complexity index is 3220. The molecule has 0 aliphatic carbocycles. The molecule has 1 heterocycles. The summed E-state index contributed by atoms with van der Waals surface area (Å²) in [4.78, 5) is 192. The Morgan fingerprint density at radius 3 is 1.43 bits per heavy atom. The maximum atomic E-state index is 14.5. The first kappa shape index (κ1) is 82.6. The summed E-state index contributed by atoms with van der Waals surface area (Å²) in [6.07, 6.45) is -0.245. The van der Waals surface area contributed by atoms with Crippen molar-refractivity contribution >= 4 is 93.7 Å². The number of aliphatic hydroxyl groups is 1. The number of nitrogens with two attached hydrogens (primary N) is 4. The summed E-state index contributed by atoms with van der Waals surface area (Å²) in [5, 5.41) is 60.1. The lowest BCUT2D eigenvalue weighted by molar-refractivity contribution is -0.142. The number of benzene rings is 2. The largest absolute Gasteiger partial charge is 0.481 e. The Hall–Kier alpha value is -9.64. The fourth-order valence-corrected chi connectivity index (χ4v) is 9.80. The van der Waals surface area contributed by atoms with E-state index in [0.717, 1.165) is 0 Å². The van der Waals surface area contributed by atoms with E-state index in [2.05, 4.69) is 68.8 Å². The minimum atomic E-state index is -1.81. The molecule has 0 radical (unpaired) electrons. The van der Waals surface area contributed by atoms with Gasteiger partial charge < -0.3 is 107 Å². The molecule has 98 heavy (non-hydrogen) atoms. The molecule has 13 atom stereocenters. The lowest BCUT2D eigenvalue weighted by atomic mass is 9.96. The van der Waals surface area contributed by atoms with Gasteiger partial charge in [0.1, 0.15) is 66.5 Å². The lowest BCUT2D eigenvalue weighted by Crippen LogP contribution is -2.62. The summed E-state index contributed by atoms with van der Waals surface area (Å²) in [6.45, 7) is 10.3. The SMILES string of the molecule is CC[C@H](C)[C@@H](NC(=O)[C@@H](NC(=O)[C@H](CCC(=O)O)NC(=O)[C@H](Cc1ccccc1)NC(=O)[C@@H](CCN)NC(=O)[C@H](CCN)NC(=O)[C@H](CO)NC(=O)[C@@H](Cc1c[nH]c2ccccc12)NC(=O)[C@@H](C)NC(=O)CNC(=O)[C@@H](CCN)NC(=O)[C@H](N)C(C)C)C(C)C)C(=O)N[C@@H](C)C(=O)O. The second-order valence-corrected chi connectivity index (χ2v) is 24.5. The lowest BCUT2D eigenvalue weighted by Gasteiger charge is -2.30. The number of aliphatic carboxylic acids is 2. The van der Waals surface area contributed by atoms with Crippen LogP contribution in [0, 0.1) is 17.8 Å². The summed E-state index contributed by atoms with van der Waals surface area (Å²) >= 11 is 0. The van der Waals surface area contributed by atoms with E-state index in [1.165, 1.54) is 13.8 Å². The summed E-state index contributed by atoms with van der Waals surface area (Å²) < 4.78 is 0. The van der Waals surface area contributed by atoms with Crippen LogP contribution in [0.2, 0.25) is 0 Å². The molecule has 24 N–H and O–H groups in total. The fraction of sp³-hybridized carbons (Fsp3) is 0.562. The highest BCUT2D eigenvalue weighted by Crippen LogP contribution is 2.20. The molecule has 34 heteroatoms. The number of aliphatic hydroxyl groups excluding tert-OH is 1. The standard InChI is InChI=1S/C64H99N17O17/c1-9-34(6)52(63(96)72-36(8)64(97)98)81-62(95)51(33(4)5)80-57(90)41(19-20-49(84)85)73-58(91)45(27-37-15-11-10-12-16-37)78-56(89)44(23-26-67)74-55(88)43(22-25-66)75-60(93)47(31-82)79-59(92)46(28-38-29-69-40-18-14-13-17-39(38)40)77-53(86)35(7)71-48(83)30-70-54(87)42(21-24-65)76-61(94)50(68)32(2)3/h10-18,29,32-36,41-47,50-52,69,82H,9,19-28,30-31,65-68H2,1-8H3,(H,70,87)(H,71,83)(H,72,96)(H,73,91)(H,74,88)(H,75,93)(H,76,94)(H,77,86)(H,78,89)(H,79,92)(H,80,90)(H,81,95)(H,84,85)(H,97,98)/t34-,35+,36-,41-,42+,43-,44+,45-,46+,47-,50+,51-,52+/m0/s1.